The van der Waals surface area contributed by atoms with E-state index in [1.165, 1.54) is 141 Å². The van der Waals surface area contributed by atoms with Crippen molar-refractivity contribution in [3.8, 4) is 0 Å². The van der Waals surface area contributed by atoms with Crippen LogP contribution in [0.1, 0.15) is 169 Å². The predicted octanol–water partition coefficient (Wildman–Crippen LogP) is 10.7. The number of unbranched alkanes of at least 4 members (excludes halogenated alkanes) is 18. The SMILES string of the molecule is CCCCCCCCOCCCCCCCC.CCCCCCCOCCCCCCC. The number of hydrogen-bond donors (Lipinski definition) is 0. The summed E-state index contributed by atoms with van der Waals surface area (Å²) in [5.74, 6) is 0. The maximum Gasteiger partial charge on any atom is 0.0466 e. The van der Waals surface area contributed by atoms with Crippen LogP contribution in [0.25, 0.3) is 0 Å². The molecule has 0 atom stereocenters. The summed E-state index contributed by atoms with van der Waals surface area (Å²) in [7, 11) is 0. The molecule has 0 saturated carbocycles. The van der Waals surface area contributed by atoms with Gasteiger partial charge in [0.2, 0.25) is 0 Å². The Labute approximate surface area is 205 Å². The second-order valence-corrected chi connectivity index (χ2v) is 9.59. The summed E-state index contributed by atoms with van der Waals surface area (Å²) in [5.41, 5.74) is 0. The Hall–Kier alpha value is -0.0800. The Balaban J connectivity index is 0. The van der Waals surface area contributed by atoms with E-state index in [2.05, 4.69) is 27.7 Å². The van der Waals surface area contributed by atoms with Crippen molar-refractivity contribution >= 4 is 0 Å². The third-order valence-electron chi connectivity index (χ3n) is 6.07. The first-order valence-corrected chi connectivity index (χ1v) is 15.0. The summed E-state index contributed by atoms with van der Waals surface area (Å²) in [6, 6.07) is 0. The van der Waals surface area contributed by atoms with E-state index in [1.54, 1.807) is 0 Å². The molecule has 196 valence electrons. The lowest BCUT2D eigenvalue weighted by molar-refractivity contribution is 0.125. The van der Waals surface area contributed by atoms with Crippen molar-refractivity contribution in [3.63, 3.8) is 0 Å². The van der Waals surface area contributed by atoms with Crippen molar-refractivity contribution < 1.29 is 9.47 Å². The fraction of sp³-hybridized carbons (Fsp3) is 1.00. The molecule has 32 heavy (non-hydrogen) atoms. The highest BCUT2D eigenvalue weighted by Gasteiger charge is 1.93. The van der Waals surface area contributed by atoms with Crippen LogP contribution in [0, 0.1) is 0 Å². The molecule has 0 rings (SSSR count). The van der Waals surface area contributed by atoms with Crippen molar-refractivity contribution in [1.82, 2.24) is 0 Å². The maximum atomic E-state index is 5.65. The van der Waals surface area contributed by atoms with Gasteiger partial charge in [-0.3, -0.25) is 0 Å². The van der Waals surface area contributed by atoms with E-state index in [1.807, 2.05) is 0 Å². The average Bonchev–Trinajstić information content (AvgIpc) is 2.81. The van der Waals surface area contributed by atoms with Gasteiger partial charge in [-0.15, -0.1) is 0 Å². The van der Waals surface area contributed by atoms with Crippen molar-refractivity contribution in [3.05, 3.63) is 0 Å². The Bertz CT molecular complexity index is 254. The minimum Gasteiger partial charge on any atom is -0.381 e. The molecule has 0 aliphatic rings. The summed E-state index contributed by atoms with van der Waals surface area (Å²) in [6.07, 6.45) is 29.8. The van der Waals surface area contributed by atoms with Gasteiger partial charge in [-0.1, -0.05) is 143 Å². The molecule has 0 amide bonds. The molecule has 0 radical (unpaired) electrons. The highest BCUT2D eigenvalue weighted by molar-refractivity contribution is 4.46. The van der Waals surface area contributed by atoms with Crippen molar-refractivity contribution in [1.29, 1.82) is 0 Å². The highest BCUT2D eigenvalue weighted by atomic mass is 16.5. The van der Waals surface area contributed by atoms with E-state index in [9.17, 15) is 0 Å². The predicted molar refractivity (Wildman–Crippen MR) is 146 cm³/mol. The summed E-state index contributed by atoms with van der Waals surface area (Å²) in [5, 5.41) is 0. The van der Waals surface area contributed by atoms with E-state index in [0.29, 0.717) is 0 Å². The normalized spacial score (nSPS) is 10.9. The van der Waals surface area contributed by atoms with Gasteiger partial charge in [0.15, 0.2) is 0 Å². The van der Waals surface area contributed by atoms with Gasteiger partial charge >= 0.3 is 0 Å². The fourth-order valence-electron chi connectivity index (χ4n) is 3.79. The molecular formula is C30H64O2. The van der Waals surface area contributed by atoms with E-state index < -0.39 is 0 Å². The molecule has 0 aromatic carbocycles. The molecule has 0 aliphatic heterocycles. The molecule has 0 spiro atoms. The Morgan fingerprint density at radius 2 is 0.438 bits per heavy atom. The molecular weight excluding hydrogens is 392 g/mol. The topological polar surface area (TPSA) is 18.5 Å². The van der Waals surface area contributed by atoms with Crippen LogP contribution < -0.4 is 0 Å². The summed E-state index contributed by atoms with van der Waals surface area (Å²) >= 11 is 0. The molecule has 0 N–H and O–H groups in total. The minimum absolute atomic E-state index is 0.984. The van der Waals surface area contributed by atoms with Crippen LogP contribution in [0.2, 0.25) is 0 Å². The third kappa shape index (κ3) is 37.2. The van der Waals surface area contributed by atoms with Crippen molar-refractivity contribution in [2.24, 2.45) is 0 Å². The zero-order valence-electron chi connectivity index (χ0n) is 23.2. The smallest absolute Gasteiger partial charge is 0.0466 e. The first-order chi connectivity index (χ1) is 15.8. The minimum atomic E-state index is 0.984. The van der Waals surface area contributed by atoms with Gasteiger partial charge in [0.25, 0.3) is 0 Å². The Morgan fingerprint density at radius 3 is 0.656 bits per heavy atom. The lowest BCUT2D eigenvalue weighted by atomic mass is 10.1. The molecule has 0 heterocycles. The van der Waals surface area contributed by atoms with Crippen molar-refractivity contribution in [2.45, 2.75) is 169 Å². The standard InChI is InChI=1S/C16H34O.C14H30O/c1-3-5-7-9-11-13-15-17-16-14-12-10-8-6-4-2;1-3-5-7-9-11-13-15-14-12-10-8-6-4-2/h3-16H2,1-2H3;3-14H2,1-2H3. The Kier molecular flexibility index (Phi) is 37.8. The lowest BCUT2D eigenvalue weighted by Gasteiger charge is -2.04. The maximum absolute atomic E-state index is 5.65. The van der Waals surface area contributed by atoms with Crippen LogP contribution >= 0.6 is 0 Å². The number of hydrogen-bond acceptors (Lipinski definition) is 2. The molecule has 0 aromatic heterocycles. The van der Waals surface area contributed by atoms with Gasteiger partial charge < -0.3 is 9.47 Å². The van der Waals surface area contributed by atoms with E-state index in [4.69, 9.17) is 9.47 Å². The van der Waals surface area contributed by atoms with Gasteiger partial charge in [-0.05, 0) is 25.7 Å². The van der Waals surface area contributed by atoms with Gasteiger partial charge in [0.1, 0.15) is 0 Å². The van der Waals surface area contributed by atoms with Crippen molar-refractivity contribution in [2.75, 3.05) is 26.4 Å². The van der Waals surface area contributed by atoms with Crippen LogP contribution in [0.3, 0.4) is 0 Å². The molecule has 0 bridgehead atoms. The average molecular weight is 457 g/mol. The quantitative estimate of drug-likeness (QED) is 0.120. The largest absolute Gasteiger partial charge is 0.381 e. The van der Waals surface area contributed by atoms with E-state index >= 15 is 0 Å². The third-order valence-corrected chi connectivity index (χ3v) is 6.07. The first-order valence-electron chi connectivity index (χ1n) is 15.0. The molecule has 2 heteroatoms. The molecule has 0 saturated heterocycles. The number of rotatable bonds is 26. The number of ether oxygens (including phenoxy) is 2. The van der Waals surface area contributed by atoms with Gasteiger partial charge in [-0.25, -0.2) is 0 Å². The monoisotopic (exact) mass is 456 g/mol. The van der Waals surface area contributed by atoms with Crippen LogP contribution in [-0.4, -0.2) is 26.4 Å². The summed E-state index contributed by atoms with van der Waals surface area (Å²) < 4.78 is 11.2. The second-order valence-electron chi connectivity index (χ2n) is 9.59. The van der Waals surface area contributed by atoms with Crippen LogP contribution in [-0.2, 0) is 9.47 Å². The molecule has 0 aromatic rings. The van der Waals surface area contributed by atoms with E-state index in [0.717, 1.165) is 26.4 Å². The lowest BCUT2D eigenvalue weighted by Crippen LogP contribution is -1.97. The summed E-state index contributed by atoms with van der Waals surface area (Å²) in [4.78, 5) is 0. The fourth-order valence-corrected chi connectivity index (χ4v) is 3.79. The molecule has 0 unspecified atom stereocenters. The zero-order valence-corrected chi connectivity index (χ0v) is 23.2. The summed E-state index contributed by atoms with van der Waals surface area (Å²) in [6.45, 7) is 13.0. The Morgan fingerprint density at radius 1 is 0.250 bits per heavy atom. The molecule has 2 nitrogen and oxygen atoms in total. The van der Waals surface area contributed by atoms with Crippen LogP contribution in [0.5, 0.6) is 0 Å². The first kappa shape index (κ1) is 34.1. The van der Waals surface area contributed by atoms with Gasteiger partial charge in [0, 0.05) is 26.4 Å². The second kappa shape index (κ2) is 35.5. The van der Waals surface area contributed by atoms with Gasteiger partial charge in [0.05, 0.1) is 0 Å². The molecule has 0 aliphatic carbocycles. The van der Waals surface area contributed by atoms with Crippen LogP contribution in [0.15, 0.2) is 0 Å². The van der Waals surface area contributed by atoms with E-state index in [-0.39, 0.29) is 0 Å². The highest BCUT2D eigenvalue weighted by Crippen LogP contribution is 2.07. The zero-order chi connectivity index (χ0) is 23.8. The van der Waals surface area contributed by atoms with Crippen LogP contribution in [0.4, 0.5) is 0 Å². The van der Waals surface area contributed by atoms with Gasteiger partial charge in [-0.2, -0.15) is 0 Å². The molecule has 0 fully saturated rings.